The molecular formula is C19H21N3O2. The summed E-state index contributed by atoms with van der Waals surface area (Å²) >= 11 is 0. The average molecular weight is 323 g/mol. The third-order valence-electron chi connectivity index (χ3n) is 4.80. The number of fused-ring (bicyclic) bond motifs is 1. The molecule has 3 aromatic heterocycles. The van der Waals surface area contributed by atoms with Crippen molar-refractivity contribution in [2.45, 2.75) is 38.6 Å². The van der Waals surface area contributed by atoms with Gasteiger partial charge in [-0.2, -0.15) is 0 Å². The first kappa shape index (κ1) is 15.0. The molecule has 1 aliphatic heterocycles. The van der Waals surface area contributed by atoms with Crippen LogP contribution in [0, 0.1) is 6.92 Å². The molecular weight excluding hydrogens is 302 g/mol. The van der Waals surface area contributed by atoms with Crippen molar-refractivity contribution < 1.29 is 9.21 Å². The largest absolute Gasteiger partial charge is 0.467 e. The standard InChI is InChI=1S/C19H21N3O2/c1-14-7-5-10-18-20-15(13-22(14)18)19(23)21-11-4-2-3-8-16(21)17-9-6-12-24-17/h5-7,9-10,12-13,16H,2-4,8,11H2,1H3. The summed E-state index contributed by atoms with van der Waals surface area (Å²) < 4.78 is 7.57. The Morgan fingerprint density at radius 3 is 2.92 bits per heavy atom. The molecule has 4 heterocycles. The zero-order chi connectivity index (χ0) is 16.5. The van der Waals surface area contributed by atoms with E-state index in [1.807, 2.05) is 52.8 Å². The minimum Gasteiger partial charge on any atom is -0.467 e. The monoisotopic (exact) mass is 323 g/mol. The zero-order valence-corrected chi connectivity index (χ0v) is 13.8. The molecule has 0 aliphatic carbocycles. The number of hydrogen-bond acceptors (Lipinski definition) is 3. The van der Waals surface area contributed by atoms with Gasteiger partial charge in [0.1, 0.15) is 17.1 Å². The first-order valence-corrected chi connectivity index (χ1v) is 8.53. The number of amides is 1. The zero-order valence-electron chi connectivity index (χ0n) is 13.8. The summed E-state index contributed by atoms with van der Waals surface area (Å²) in [5.74, 6) is 0.853. The third-order valence-corrected chi connectivity index (χ3v) is 4.80. The van der Waals surface area contributed by atoms with Gasteiger partial charge in [0.15, 0.2) is 0 Å². The molecule has 1 aliphatic rings. The number of imidazole rings is 1. The van der Waals surface area contributed by atoms with E-state index in [0.29, 0.717) is 5.69 Å². The predicted octanol–water partition coefficient (Wildman–Crippen LogP) is 3.99. The summed E-state index contributed by atoms with van der Waals surface area (Å²) in [6.07, 6.45) is 7.74. The molecule has 0 bridgehead atoms. The van der Waals surface area contributed by atoms with Gasteiger partial charge in [0.25, 0.3) is 5.91 Å². The Kier molecular flexibility index (Phi) is 3.84. The van der Waals surface area contributed by atoms with E-state index in [1.165, 1.54) is 0 Å². The topological polar surface area (TPSA) is 50.8 Å². The molecule has 124 valence electrons. The third kappa shape index (κ3) is 2.60. The van der Waals surface area contributed by atoms with Gasteiger partial charge in [-0.05, 0) is 44.0 Å². The summed E-state index contributed by atoms with van der Waals surface area (Å²) in [6, 6.07) is 9.75. The molecule has 1 amide bonds. The average Bonchev–Trinajstić information content (AvgIpc) is 3.20. The molecule has 0 aromatic carbocycles. The highest BCUT2D eigenvalue weighted by molar-refractivity contribution is 5.93. The van der Waals surface area contributed by atoms with Gasteiger partial charge in [-0.1, -0.05) is 18.9 Å². The quantitative estimate of drug-likeness (QED) is 0.716. The van der Waals surface area contributed by atoms with Crippen LogP contribution in [-0.2, 0) is 0 Å². The van der Waals surface area contributed by atoms with Crippen LogP contribution in [0.4, 0.5) is 0 Å². The summed E-state index contributed by atoms with van der Waals surface area (Å²) in [4.78, 5) is 19.6. The van der Waals surface area contributed by atoms with Crippen LogP contribution >= 0.6 is 0 Å². The van der Waals surface area contributed by atoms with Crippen molar-refractivity contribution in [3.8, 4) is 0 Å². The lowest BCUT2D eigenvalue weighted by molar-refractivity contribution is 0.0653. The Hall–Kier alpha value is -2.56. The van der Waals surface area contributed by atoms with Crippen LogP contribution in [0.2, 0.25) is 0 Å². The lowest BCUT2D eigenvalue weighted by Gasteiger charge is -2.27. The Morgan fingerprint density at radius 1 is 1.21 bits per heavy atom. The SMILES string of the molecule is Cc1cccc2nc(C(=O)N3CCCCCC3c3ccco3)cn12. The normalized spacial score (nSPS) is 18.7. The molecule has 0 saturated carbocycles. The first-order valence-electron chi connectivity index (χ1n) is 8.53. The summed E-state index contributed by atoms with van der Waals surface area (Å²) in [7, 11) is 0. The van der Waals surface area contributed by atoms with Crippen molar-refractivity contribution in [1.29, 1.82) is 0 Å². The number of rotatable bonds is 2. The molecule has 4 rings (SSSR count). The number of carbonyl (C=O) groups is 1. The Morgan fingerprint density at radius 2 is 2.12 bits per heavy atom. The van der Waals surface area contributed by atoms with Crippen LogP contribution in [0.5, 0.6) is 0 Å². The molecule has 1 atom stereocenters. The lowest BCUT2D eigenvalue weighted by Crippen LogP contribution is -2.34. The van der Waals surface area contributed by atoms with Gasteiger partial charge in [0.2, 0.25) is 0 Å². The highest BCUT2D eigenvalue weighted by Crippen LogP contribution is 2.31. The van der Waals surface area contributed by atoms with Crippen molar-refractivity contribution in [2.75, 3.05) is 6.54 Å². The number of nitrogens with zero attached hydrogens (tertiary/aromatic N) is 3. The summed E-state index contributed by atoms with van der Waals surface area (Å²) in [5, 5.41) is 0. The molecule has 0 spiro atoms. The second-order valence-corrected chi connectivity index (χ2v) is 6.40. The second kappa shape index (κ2) is 6.15. The number of aryl methyl sites for hydroxylation is 1. The molecule has 3 aromatic rings. The number of furan rings is 1. The summed E-state index contributed by atoms with van der Waals surface area (Å²) in [6.45, 7) is 2.76. The van der Waals surface area contributed by atoms with E-state index in [0.717, 1.165) is 49.3 Å². The maximum absolute atomic E-state index is 13.1. The molecule has 24 heavy (non-hydrogen) atoms. The molecule has 1 fully saturated rings. The van der Waals surface area contributed by atoms with Crippen molar-refractivity contribution in [3.63, 3.8) is 0 Å². The van der Waals surface area contributed by atoms with E-state index in [2.05, 4.69) is 4.98 Å². The highest BCUT2D eigenvalue weighted by atomic mass is 16.3. The van der Waals surface area contributed by atoms with Crippen LogP contribution < -0.4 is 0 Å². The van der Waals surface area contributed by atoms with Gasteiger partial charge in [-0.15, -0.1) is 0 Å². The second-order valence-electron chi connectivity index (χ2n) is 6.40. The molecule has 1 saturated heterocycles. The van der Waals surface area contributed by atoms with Gasteiger partial charge < -0.3 is 13.7 Å². The maximum Gasteiger partial charge on any atom is 0.274 e. The van der Waals surface area contributed by atoms with Crippen molar-refractivity contribution >= 4 is 11.6 Å². The smallest absolute Gasteiger partial charge is 0.274 e. The van der Waals surface area contributed by atoms with Gasteiger partial charge in [0.05, 0.1) is 12.3 Å². The van der Waals surface area contributed by atoms with E-state index in [1.54, 1.807) is 6.26 Å². The van der Waals surface area contributed by atoms with E-state index >= 15 is 0 Å². The van der Waals surface area contributed by atoms with Crippen LogP contribution in [0.15, 0.2) is 47.2 Å². The molecule has 1 unspecified atom stereocenters. The minimum absolute atomic E-state index is 0.000842. The highest BCUT2D eigenvalue weighted by Gasteiger charge is 2.30. The van der Waals surface area contributed by atoms with Gasteiger partial charge in [-0.3, -0.25) is 4.79 Å². The van der Waals surface area contributed by atoms with Gasteiger partial charge in [-0.25, -0.2) is 4.98 Å². The molecule has 0 radical (unpaired) electrons. The van der Waals surface area contributed by atoms with Crippen molar-refractivity contribution in [2.24, 2.45) is 0 Å². The minimum atomic E-state index is -0.0126. The Balaban J connectivity index is 1.70. The fourth-order valence-corrected chi connectivity index (χ4v) is 3.53. The fourth-order valence-electron chi connectivity index (χ4n) is 3.53. The van der Waals surface area contributed by atoms with E-state index < -0.39 is 0 Å². The fraction of sp³-hybridized carbons (Fsp3) is 0.368. The van der Waals surface area contributed by atoms with Crippen LogP contribution in [0.25, 0.3) is 5.65 Å². The number of hydrogen-bond donors (Lipinski definition) is 0. The van der Waals surface area contributed by atoms with E-state index in [4.69, 9.17) is 4.42 Å². The molecule has 5 heteroatoms. The molecule has 0 N–H and O–H groups in total. The predicted molar refractivity (Wildman–Crippen MR) is 90.9 cm³/mol. The first-order chi connectivity index (χ1) is 11.7. The molecule has 5 nitrogen and oxygen atoms in total. The number of likely N-dealkylation sites (tertiary alicyclic amines) is 1. The van der Waals surface area contributed by atoms with E-state index in [-0.39, 0.29) is 11.9 Å². The van der Waals surface area contributed by atoms with Crippen molar-refractivity contribution in [1.82, 2.24) is 14.3 Å². The summed E-state index contributed by atoms with van der Waals surface area (Å²) in [5.41, 5.74) is 2.38. The van der Waals surface area contributed by atoms with Crippen molar-refractivity contribution in [3.05, 3.63) is 59.9 Å². The van der Waals surface area contributed by atoms with Gasteiger partial charge in [0, 0.05) is 18.4 Å². The van der Waals surface area contributed by atoms with Crippen LogP contribution in [0.1, 0.15) is 53.7 Å². The van der Waals surface area contributed by atoms with E-state index in [9.17, 15) is 4.79 Å². The Bertz CT molecular complexity index is 851. The number of carbonyl (C=O) groups excluding carboxylic acids is 1. The Labute approximate surface area is 140 Å². The lowest BCUT2D eigenvalue weighted by atomic mass is 10.1. The number of aromatic nitrogens is 2. The maximum atomic E-state index is 13.1. The van der Waals surface area contributed by atoms with Crippen LogP contribution in [0.3, 0.4) is 0 Å². The van der Waals surface area contributed by atoms with Gasteiger partial charge >= 0.3 is 0 Å². The number of pyridine rings is 1. The van der Waals surface area contributed by atoms with Crippen LogP contribution in [-0.4, -0.2) is 26.7 Å².